The monoisotopic (exact) mass is 342 g/mol. The van der Waals surface area contributed by atoms with Gasteiger partial charge in [-0.05, 0) is 42.7 Å². The zero-order chi connectivity index (χ0) is 17.8. The van der Waals surface area contributed by atoms with E-state index in [2.05, 4.69) is 10.3 Å². The molecule has 6 heteroatoms. The van der Waals surface area contributed by atoms with Crippen molar-refractivity contribution in [3.8, 4) is 0 Å². The standard InChI is InChI=1S/C19H23FN4O/c1-23(2)18-8-4-10-21-16(18)13-22-19(25)24-11-5-9-17(24)14-6-3-7-15(20)12-14/h3-4,6-8,10,12,17H,5,9,11,13H2,1-2H3,(H,22,25). The number of nitrogens with zero attached hydrogens (tertiary/aromatic N) is 3. The molecule has 1 unspecified atom stereocenters. The number of benzene rings is 1. The fourth-order valence-electron chi connectivity index (χ4n) is 3.30. The summed E-state index contributed by atoms with van der Waals surface area (Å²) in [6.07, 6.45) is 3.49. The molecule has 132 valence electrons. The minimum atomic E-state index is -0.270. The molecule has 0 radical (unpaired) electrons. The molecule has 1 aromatic carbocycles. The molecule has 5 nitrogen and oxygen atoms in total. The van der Waals surface area contributed by atoms with Gasteiger partial charge in [-0.1, -0.05) is 12.1 Å². The van der Waals surface area contributed by atoms with Crippen molar-refractivity contribution in [2.45, 2.75) is 25.4 Å². The summed E-state index contributed by atoms with van der Waals surface area (Å²) in [6.45, 7) is 1.04. The molecule has 0 spiro atoms. The first kappa shape index (κ1) is 17.2. The number of hydrogen-bond acceptors (Lipinski definition) is 3. The Balaban J connectivity index is 1.69. The molecule has 1 N–H and O–H groups in total. The van der Waals surface area contributed by atoms with Gasteiger partial charge in [0.15, 0.2) is 0 Å². The number of anilines is 1. The third-order valence-electron chi connectivity index (χ3n) is 4.50. The highest BCUT2D eigenvalue weighted by Crippen LogP contribution is 2.32. The lowest BCUT2D eigenvalue weighted by Crippen LogP contribution is -2.39. The van der Waals surface area contributed by atoms with Gasteiger partial charge in [-0.25, -0.2) is 9.18 Å². The van der Waals surface area contributed by atoms with Gasteiger partial charge in [0.2, 0.25) is 0 Å². The van der Waals surface area contributed by atoms with Crippen LogP contribution in [0.2, 0.25) is 0 Å². The van der Waals surface area contributed by atoms with Crippen LogP contribution in [0.25, 0.3) is 0 Å². The van der Waals surface area contributed by atoms with Gasteiger partial charge in [0.1, 0.15) is 5.82 Å². The zero-order valence-electron chi connectivity index (χ0n) is 14.6. The van der Waals surface area contributed by atoms with Gasteiger partial charge in [-0.3, -0.25) is 4.98 Å². The second-order valence-electron chi connectivity index (χ2n) is 6.43. The molecule has 1 saturated heterocycles. The molecule has 1 fully saturated rings. The number of likely N-dealkylation sites (tertiary alicyclic amines) is 1. The molecule has 0 bridgehead atoms. The fourth-order valence-corrected chi connectivity index (χ4v) is 3.30. The van der Waals surface area contributed by atoms with Gasteiger partial charge in [0, 0.05) is 26.8 Å². The van der Waals surface area contributed by atoms with E-state index in [9.17, 15) is 9.18 Å². The van der Waals surface area contributed by atoms with Crippen LogP contribution in [0.1, 0.15) is 30.1 Å². The van der Waals surface area contributed by atoms with E-state index < -0.39 is 0 Å². The molecule has 1 atom stereocenters. The van der Waals surface area contributed by atoms with Crippen molar-refractivity contribution in [2.24, 2.45) is 0 Å². The first-order valence-corrected chi connectivity index (χ1v) is 8.47. The number of carbonyl (C=O) groups excluding carboxylic acids is 1. The topological polar surface area (TPSA) is 48.5 Å². The van der Waals surface area contributed by atoms with Gasteiger partial charge < -0.3 is 15.1 Å². The maximum atomic E-state index is 13.5. The average molecular weight is 342 g/mol. The van der Waals surface area contributed by atoms with Crippen molar-refractivity contribution in [3.63, 3.8) is 0 Å². The Morgan fingerprint density at radius 3 is 2.96 bits per heavy atom. The van der Waals surface area contributed by atoms with Gasteiger partial charge in [-0.15, -0.1) is 0 Å². The van der Waals surface area contributed by atoms with Gasteiger partial charge >= 0.3 is 6.03 Å². The number of aromatic nitrogens is 1. The molecule has 2 aromatic rings. The number of pyridine rings is 1. The lowest BCUT2D eigenvalue weighted by atomic mass is 10.0. The Bertz CT molecular complexity index is 750. The Kier molecular flexibility index (Phi) is 5.16. The van der Waals surface area contributed by atoms with Crippen LogP contribution in [0.15, 0.2) is 42.6 Å². The maximum absolute atomic E-state index is 13.5. The van der Waals surface area contributed by atoms with Crippen LogP contribution in [-0.4, -0.2) is 36.6 Å². The van der Waals surface area contributed by atoms with E-state index in [1.807, 2.05) is 37.2 Å². The normalized spacial score (nSPS) is 16.8. The summed E-state index contributed by atoms with van der Waals surface area (Å²) in [4.78, 5) is 20.8. The lowest BCUT2D eigenvalue weighted by Gasteiger charge is -2.26. The van der Waals surface area contributed by atoms with Crippen LogP contribution >= 0.6 is 0 Å². The minimum Gasteiger partial charge on any atom is -0.376 e. The van der Waals surface area contributed by atoms with E-state index in [4.69, 9.17) is 0 Å². The molecule has 0 saturated carbocycles. The van der Waals surface area contributed by atoms with Crippen LogP contribution < -0.4 is 10.2 Å². The fraction of sp³-hybridized carbons (Fsp3) is 0.368. The van der Waals surface area contributed by atoms with Gasteiger partial charge in [-0.2, -0.15) is 0 Å². The summed E-state index contributed by atoms with van der Waals surface area (Å²) >= 11 is 0. The molecule has 1 aliphatic heterocycles. The van der Waals surface area contributed by atoms with Crippen LogP contribution in [0.5, 0.6) is 0 Å². The number of urea groups is 1. The van der Waals surface area contributed by atoms with Crippen molar-refractivity contribution in [1.82, 2.24) is 15.2 Å². The zero-order valence-corrected chi connectivity index (χ0v) is 14.6. The SMILES string of the molecule is CN(C)c1cccnc1CNC(=O)N1CCCC1c1cccc(F)c1. The highest BCUT2D eigenvalue weighted by atomic mass is 19.1. The Hall–Kier alpha value is -2.63. The van der Waals surface area contributed by atoms with Crippen LogP contribution in [-0.2, 0) is 6.54 Å². The summed E-state index contributed by atoms with van der Waals surface area (Å²) in [5.41, 5.74) is 2.65. The first-order chi connectivity index (χ1) is 12.1. The smallest absolute Gasteiger partial charge is 0.318 e. The van der Waals surface area contributed by atoms with E-state index in [1.165, 1.54) is 12.1 Å². The number of hydrogen-bond donors (Lipinski definition) is 1. The van der Waals surface area contributed by atoms with Gasteiger partial charge in [0.05, 0.1) is 24.0 Å². The van der Waals surface area contributed by atoms with Crippen LogP contribution in [0, 0.1) is 5.82 Å². The van der Waals surface area contributed by atoms with E-state index in [-0.39, 0.29) is 17.9 Å². The third-order valence-corrected chi connectivity index (χ3v) is 4.50. The summed E-state index contributed by atoms with van der Waals surface area (Å²) in [5, 5.41) is 2.95. The van der Waals surface area contributed by atoms with Crippen molar-refractivity contribution >= 4 is 11.7 Å². The van der Waals surface area contributed by atoms with Crippen molar-refractivity contribution in [2.75, 3.05) is 25.5 Å². The number of rotatable bonds is 4. The van der Waals surface area contributed by atoms with Crippen LogP contribution in [0.3, 0.4) is 0 Å². The second kappa shape index (κ2) is 7.51. The maximum Gasteiger partial charge on any atom is 0.318 e. The molecule has 1 aromatic heterocycles. The molecule has 1 aliphatic rings. The molecule has 2 heterocycles. The predicted octanol–water partition coefficient (Wildman–Crippen LogP) is 3.33. The highest BCUT2D eigenvalue weighted by molar-refractivity contribution is 5.75. The molecule has 0 aliphatic carbocycles. The van der Waals surface area contributed by atoms with E-state index in [0.717, 1.165) is 29.8 Å². The van der Waals surface area contributed by atoms with Gasteiger partial charge in [0.25, 0.3) is 0 Å². The number of halogens is 1. The molecule has 2 amide bonds. The van der Waals surface area contributed by atoms with E-state index >= 15 is 0 Å². The molecule has 25 heavy (non-hydrogen) atoms. The summed E-state index contributed by atoms with van der Waals surface area (Å²) in [6, 6.07) is 10.1. The van der Waals surface area contributed by atoms with Crippen LogP contribution in [0.4, 0.5) is 14.9 Å². The third kappa shape index (κ3) is 3.90. The lowest BCUT2D eigenvalue weighted by molar-refractivity contribution is 0.192. The summed E-state index contributed by atoms with van der Waals surface area (Å²) in [7, 11) is 3.89. The second-order valence-corrected chi connectivity index (χ2v) is 6.43. The Morgan fingerprint density at radius 2 is 2.20 bits per heavy atom. The molecule has 3 rings (SSSR count). The predicted molar refractivity (Wildman–Crippen MR) is 95.9 cm³/mol. The van der Waals surface area contributed by atoms with Crippen molar-refractivity contribution in [1.29, 1.82) is 0 Å². The Morgan fingerprint density at radius 1 is 1.36 bits per heavy atom. The number of nitrogens with one attached hydrogen (secondary N) is 1. The minimum absolute atomic E-state index is 0.0762. The largest absolute Gasteiger partial charge is 0.376 e. The van der Waals surface area contributed by atoms with Crippen molar-refractivity contribution < 1.29 is 9.18 Å². The van der Waals surface area contributed by atoms with E-state index in [0.29, 0.717) is 13.1 Å². The quantitative estimate of drug-likeness (QED) is 0.927. The average Bonchev–Trinajstić information content (AvgIpc) is 3.09. The van der Waals surface area contributed by atoms with Crippen molar-refractivity contribution in [3.05, 3.63) is 59.7 Å². The first-order valence-electron chi connectivity index (χ1n) is 8.47. The van der Waals surface area contributed by atoms with E-state index in [1.54, 1.807) is 17.2 Å². The Labute approximate surface area is 147 Å². The molecular weight excluding hydrogens is 319 g/mol. The number of carbonyl (C=O) groups is 1. The number of amides is 2. The summed E-state index contributed by atoms with van der Waals surface area (Å²) in [5.74, 6) is -0.270. The highest BCUT2D eigenvalue weighted by Gasteiger charge is 2.30. The summed E-state index contributed by atoms with van der Waals surface area (Å²) < 4.78 is 13.5. The molecular formula is C19H23FN4O.